The predicted molar refractivity (Wildman–Crippen MR) is 66.3 cm³/mol. The van der Waals surface area contributed by atoms with Crippen molar-refractivity contribution < 1.29 is 9.47 Å². The number of nitrogens with zero attached hydrogens (tertiary/aromatic N) is 1. The van der Waals surface area contributed by atoms with Crippen molar-refractivity contribution in [3.63, 3.8) is 0 Å². The summed E-state index contributed by atoms with van der Waals surface area (Å²) in [4.78, 5) is 0. The number of ether oxygens (including phenoxy) is 2. The van der Waals surface area contributed by atoms with Gasteiger partial charge in [-0.25, -0.2) is 0 Å². The van der Waals surface area contributed by atoms with Crippen LogP contribution in [0.15, 0.2) is 18.3 Å². The minimum Gasteiger partial charge on any atom is -0.493 e. The van der Waals surface area contributed by atoms with Gasteiger partial charge in [0.2, 0.25) is 0 Å². The van der Waals surface area contributed by atoms with Crippen LogP contribution in [0.1, 0.15) is 5.56 Å². The molecule has 2 aromatic rings. The number of H-pyrrole nitrogens is 1. The maximum atomic E-state index is 5.79. The van der Waals surface area contributed by atoms with Gasteiger partial charge in [-0.05, 0) is 30.2 Å². The lowest BCUT2D eigenvalue weighted by molar-refractivity contribution is 0.353. The van der Waals surface area contributed by atoms with Crippen molar-refractivity contribution in [2.75, 3.05) is 20.0 Å². The molecule has 0 aliphatic carbocycles. The van der Waals surface area contributed by atoms with E-state index in [1.54, 1.807) is 20.4 Å². The Kier molecular flexibility index (Phi) is 2.91. The molecule has 0 aliphatic rings. The van der Waals surface area contributed by atoms with Crippen LogP contribution in [0.3, 0.4) is 0 Å². The first-order valence-electron chi connectivity index (χ1n) is 5.19. The normalized spacial score (nSPS) is 10.3. The number of aryl methyl sites for hydroxylation is 1. The highest BCUT2D eigenvalue weighted by Crippen LogP contribution is 2.36. The van der Waals surface area contributed by atoms with Gasteiger partial charge in [0.05, 0.1) is 20.4 Å². The third kappa shape index (κ3) is 1.91. The lowest BCUT2D eigenvalue weighted by Crippen LogP contribution is -1.95. The Morgan fingerprint density at radius 3 is 2.53 bits per heavy atom. The molecular formula is C12H15N3O2. The van der Waals surface area contributed by atoms with Crippen molar-refractivity contribution in [2.24, 2.45) is 0 Å². The van der Waals surface area contributed by atoms with Crippen molar-refractivity contribution in [1.82, 2.24) is 10.2 Å². The molecule has 1 aromatic carbocycles. The number of aromatic amines is 1. The van der Waals surface area contributed by atoms with Gasteiger partial charge in [-0.15, -0.1) is 0 Å². The zero-order valence-corrected chi connectivity index (χ0v) is 10.1. The van der Waals surface area contributed by atoms with Crippen molar-refractivity contribution in [3.8, 4) is 22.6 Å². The molecule has 5 heteroatoms. The van der Waals surface area contributed by atoms with E-state index in [0.29, 0.717) is 11.6 Å². The summed E-state index contributed by atoms with van der Waals surface area (Å²) in [5.74, 6) is 1.96. The highest BCUT2D eigenvalue weighted by Gasteiger charge is 2.12. The molecule has 1 heterocycles. The predicted octanol–water partition coefficient (Wildman–Crippen LogP) is 1.98. The molecule has 0 fully saturated rings. The Hall–Kier alpha value is -2.17. The molecule has 90 valence electrons. The van der Waals surface area contributed by atoms with Crippen LogP contribution in [0, 0.1) is 6.92 Å². The van der Waals surface area contributed by atoms with E-state index in [1.165, 1.54) is 0 Å². The molecular weight excluding hydrogens is 218 g/mol. The van der Waals surface area contributed by atoms with Crippen LogP contribution < -0.4 is 15.2 Å². The Labute approximate surface area is 99.5 Å². The second kappa shape index (κ2) is 4.37. The molecule has 17 heavy (non-hydrogen) atoms. The first kappa shape index (κ1) is 11.3. The van der Waals surface area contributed by atoms with Gasteiger partial charge in [-0.2, -0.15) is 5.10 Å². The smallest absolute Gasteiger partial charge is 0.163 e. The van der Waals surface area contributed by atoms with E-state index in [9.17, 15) is 0 Å². The Morgan fingerprint density at radius 1 is 1.24 bits per heavy atom. The van der Waals surface area contributed by atoms with Crippen molar-refractivity contribution in [1.29, 1.82) is 0 Å². The second-order valence-electron chi connectivity index (χ2n) is 3.73. The number of nitrogens with one attached hydrogen (secondary N) is 1. The molecule has 5 nitrogen and oxygen atoms in total. The molecule has 0 spiro atoms. The third-order valence-electron chi connectivity index (χ3n) is 2.64. The number of methoxy groups -OCH3 is 2. The maximum Gasteiger partial charge on any atom is 0.163 e. The fourth-order valence-electron chi connectivity index (χ4n) is 1.84. The molecule has 0 atom stereocenters. The molecule has 1 aromatic heterocycles. The SMILES string of the molecule is COc1cc(-c2cn[nH]c2N)cc(C)c1OC. The number of anilines is 1. The lowest BCUT2D eigenvalue weighted by atomic mass is 10.0. The Bertz CT molecular complexity index is 535. The second-order valence-corrected chi connectivity index (χ2v) is 3.73. The van der Waals surface area contributed by atoms with Crippen LogP contribution in [0.5, 0.6) is 11.5 Å². The van der Waals surface area contributed by atoms with Crippen LogP contribution >= 0.6 is 0 Å². The highest BCUT2D eigenvalue weighted by atomic mass is 16.5. The molecule has 0 aliphatic heterocycles. The topological polar surface area (TPSA) is 73.2 Å². The van der Waals surface area contributed by atoms with Gasteiger partial charge in [-0.3, -0.25) is 5.10 Å². The largest absolute Gasteiger partial charge is 0.493 e. The molecule has 0 unspecified atom stereocenters. The first-order chi connectivity index (χ1) is 8.17. The zero-order valence-electron chi connectivity index (χ0n) is 10.1. The molecule has 3 N–H and O–H groups in total. The number of rotatable bonds is 3. The van der Waals surface area contributed by atoms with Crippen LogP contribution in [-0.4, -0.2) is 24.4 Å². The summed E-state index contributed by atoms with van der Waals surface area (Å²) in [5.41, 5.74) is 8.59. The molecule has 0 amide bonds. The van der Waals surface area contributed by atoms with Crippen LogP contribution in [-0.2, 0) is 0 Å². The van der Waals surface area contributed by atoms with Crippen molar-refractivity contribution >= 4 is 5.82 Å². The van der Waals surface area contributed by atoms with Gasteiger partial charge in [0.25, 0.3) is 0 Å². The van der Waals surface area contributed by atoms with E-state index < -0.39 is 0 Å². The monoisotopic (exact) mass is 233 g/mol. The molecule has 0 radical (unpaired) electrons. The van der Waals surface area contributed by atoms with Gasteiger partial charge >= 0.3 is 0 Å². The summed E-state index contributed by atoms with van der Waals surface area (Å²) in [6, 6.07) is 3.87. The summed E-state index contributed by atoms with van der Waals surface area (Å²) in [7, 11) is 3.23. The number of nitrogens with two attached hydrogens (primary N) is 1. The van der Waals surface area contributed by atoms with Gasteiger partial charge in [0.15, 0.2) is 11.5 Å². The number of hydrogen-bond acceptors (Lipinski definition) is 4. The Balaban J connectivity index is 2.58. The first-order valence-corrected chi connectivity index (χ1v) is 5.19. The van der Waals surface area contributed by atoms with E-state index in [4.69, 9.17) is 15.2 Å². The van der Waals surface area contributed by atoms with Crippen molar-refractivity contribution in [3.05, 3.63) is 23.9 Å². The fourth-order valence-corrected chi connectivity index (χ4v) is 1.84. The van der Waals surface area contributed by atoms with E-state index in [1.807, 2.05) is 19.1 Å². The lowest BCUT2D eigenvalue weighted by Gasteiger charge is -2.12. The molecule has 0 bridgehead atoms. The summed E-state index contributed by atoms with van der Waals surface area (Å²) in [5, 5.41) is 6.61. The highest BCUT2D eigenvalue weighted by molar-refractivity contribution is 5.76. The average molecular weight is 233 g/mol. The number of hydrogen-bond donors (Lipinski definition) is 2. The van der Waals surface area contributed by atoms with Crippen LogP contribution in [0.4, 0.5) is 5.82 Å². The van der Waals surface area contributed by atoms with Gasteiger partial charge in [-0.1, -0.05) is 0 Å². The van der Waals surface area contributed by atoms with E-state index >= 15 is 0 Å². The van der Waals surface area contributed by atoms with Gasteiger partial charge < -0.3 is 15.2 Å². The standard InChI is InChI=1S/C12H15N3O2/c1-7-4-8(9-6-14-15-12(9)13)5-10(16-2)11(7)17-3/h4-6H,1-3H3,(H3,13,14,15). The van der Waals surface area contributed by atoms with E-state index in [-0.39, 0.29) is 0 Å². The van der Waals surface area contributed by atoms with E-state index in [0.717, 1.165) is 22.4 Å². The number of nitrogen functional groups attached to an aromatic ring is 1. The van der Waals surface area contributed by atoms with Crippen LogP contribution in [0.25, 0.3) is 11.1 Å². The van der Waals surface area contributed by atoms with Gasteiger partial charge in [0, 0.05) is 5.56 Å². The molecule has 0 saturated carbocycles. The zero-order chi connectivity index (χ0) is 12.4. The summed E-state index contributed by atoms with van der Waals surface area (Å²) in [6.07, 6.45) is 1.69. The van der Waals surface area contributed by atoms with Crippen molar-refractivity contribution in [2.45, 2.75) is 6.92 Å². The fraction of sp³-hybridized carbons (Fsp3) is 0.250. The van der Waals surface area contributed by atoms with Crippen LogP contribution in [0.2, 0.25) is 0 Å². The minimum absolute atomic E-state index is 0.539. The summed E-state index contributed by atoms with van der Waals surface area (Å²) >= 11 is 0. The number of aromatic nitrogens is 2. The summed E-state index contributed by atoms with van der Waals surface area (Å²) < 4.78 is 10.6. The van der Waals surface area contributed by atoms with E-state index in [2.05, 4.69) is 10.2 Å². The molecule has 0 saturated heterocycles. The summed E-state index contributed by atoms with van der Waals surface area (Å²) in [6.45, 7) is 1.96. The quantitative estimate of drug-likeness (QED) is 0.850. The molecule has 2 rings (SSSR count). The Morgan fingerprint density at radius 2 is 2.00 bits per heavy atom. The minimum atomic E-state index is 0.539. The average Bonchev–Trinajstić information content (AvgIpc) is 2.74. The van der Waals surface area contributed by atoms with Gasteiger partial charge in [0.1, 0.15) is 5.82 Å². The maximum absolute atomic E-state index is 5.79. The third-order valence-corrected chi connectivity index (χ3v) is 2.64. The number of benzene rings is 1.